The van der Waals surface area contributed by atoms with Gasteiger partial charge in [-0.2, -0.15) is 5.01 Å². The number of nitrogens with zero attached hydrogens (tertiary/aromatic N) is 3. The Labute approximate surface area is 179 Å². The van der Waals surface area contributed by atoms with Crippen LogP contribution in [-0.2, 0) is 16.0 Å². The zero-order valence-corrected chi connectivity index (χ0v) is 16.8. The van der Waals surface area contributed by atoms with E-state index in [4.69, 9.17) is 10.5 Å². The Morgan fingerprint density at radius 1 is 1.29 bits per heavy atom. The summed E-state index contributed by atoms with van der Waals surface area (Å²) in [6.45, 7) is 0.646. The van der Waals surface area contributed by atoms with Crippen molar-refractivity contribution in [2.24, 2.45) is 5.73 Å². The van der Waals surface area contributed by atoms with Crippen LogP contribution < -0.4 is 16.5 Å². The van der Waals surface area contributed by atoms with Crippen molar-refractivity contribution in [3.05, 3.63) is 89.9 Å². The molecule has 2 heterocycles. The van der Waals surface area contributed by atoms with Gasteiger partial charge >= 0.3 is 0 Å². The van der Waals surface area contributed by atoms with E-state index >= 15 is 0 Å². The number of carbonyl (C=O) groups excluding carboxylic acids is 1. The Balaban J connectivity index is 1.48. The van der Waals surface area contributed by atoms with Crippen molar-refractivity contribution in [3.8, 4) is 0 Å². The molecule has 0 saturated carbocycles. The molecule has 4 rings (SSSR count). The number of rotatable bonds is 8. The number of aromatic nitrogens is 2. The molecule has 1 aromatic heterocycles. The molecule has 2 aromatic rings. The number of allylic oxidation sites excluding steroid dienone is 2. The van der Waals surface area contributed by atoms with E-state index in [9.17, 15) is 9.18 Å². The average Bonchev–Trinajstić information content (AvgIpc) is 3.21. The van der Waals surface area contributed by atoms with Gasteiger partial charge in [-0.3, -0.25) is 9.78 Å². The number of carbonyl (C=O) groups is 1. The summed E-state index contributed by atoms with van der Waals surface area (Å²) in [4.78, 5) is 20.3. The highest BCUT2D eigenvalue weighted by molar-refractivity contribution is 5.94. The summed E-state index contributed by atoms with van der Waals surface area (Å²) in [6, 6.07) is 6.35. The van der Waals surface area contributed by atoms with Gasteiger partial charge in [0.25, 0.3) is 0 Å². The van der Waals surface area contributed by atoms with Crippen molar-refractivity contribution in [1.82, 2.24) is 20.4 Å². The van der Waals surface area contributed by atoms with Gasteiger partial charge in [-0.05, 0) is 30.2 Å². The molecular weight excluding hydrogens is 399 g/mol. The fourth-order valence-electron chi connectivity index (χ4n) is 3.48. The molecule has 0 radical (unpaired) electrons. The van der Waals surface area contributed by atoms with Crippen LogP contribution in [0.3, 0.4) is 0 Å². The van der Waals surface area contributed by atoms with Gasteiger partial charge < -0.3 is 21.2 Å². The van der Waals surface area contributed by atoms with E-state index < -0.39 is 11.6 Å². The monoisotopic (exact) mass is 422 g/mol. The predicted molar refractivity (Wildman–Crippen MR) is 113 cm³/mol. The van der Waals surface area contributed by atoms with E-state index in [0.717, 1.165) is 5.56 Å². The SMILES string of the molecule is NC(=O)C1=C(Nc2cnccn2)NN(C2(OCCc3ccc(F)cc3)C=CC=CC2)C1. The first-order chi connectivity index (χ1) is 15.1. The van der Waals surface area contributed by atoms with Gasteiger partial charge in [0.15, 0.2) is 5.72 Å². The Morgan fingerprint density at radius 2 is 2.13 bits per heavy atom. The molecule has 0 fully saturated rings. The largest absolute Gasteiger partial charge is 0.366 e. The maximum Gasteiger partial charge on any atom is 0.249 e. The summed E-state index contributed by atoms with van der Waals surface area (Å²) < 4.78 is 19.5. The molecule has 2 aliphatic rings. The molecular formula is C22H23FN6O2. The van der Waals surface area contributed by atoms with Crippen LogP contribution >= 0.6 is 0 Å². The highest BCUT2D eigenvalue weighted by Crippen LogP contribution is 2.30. The average molecular weight is 422 g/mol. The van der Waals surface area contributed by atoms with Gasteiger partial charge in [-0.25, -0.2) is 9.37 Å². The topological polar surface area (TPSA) is 105 Å². The first-order valence-electron chi connectivity index (χ1n) is 9.89. The van der Waals surface area contributed by atoms with Crippen LogP contribution in [-0.4, -0.2) is 39.8 Å². The number of anilines is 1. The number of hydrogen-bond acceptors (Lipinski definition) is 7. The number of nitrogens with two attached hydrogens (primary N) is 1. The number of hydrogen-bond donors (Lipinski definition) is 3. The van der Waals surface area contributed by atoms with Gasteiger partial charge in [-0.15, -0.1) is 0 Å². The van der Waals surface area contributed by atoms with Gasteiger partial charge in [0, 0.05) is 18.8 Å². The van der Waals surface area contributed by atoms with Gasteiger partial charge in [0.05, 0.1) is 24.9 Å². The molecule has 4 N–H and O–H groups in total. The van der Waals surface area contributed by atoms with Gasteiger partial charge in [0.2, 0.25) is 5.91 Å². The lowest BCUT2D eigenvalue weighted by Gasteiger charge is -2.40. The quantitative estimate of drug-likeness (QED) is 0.598. The number of ether oxygens (including phenoxy) is 1. The minimum Gasteiger partial charge on any atom is -0.366 e. The summed E-state index contributed by atoms with van der Waals surface area (Å²) in [5, 5.41) is 4.89. The molecule has 1 aromatic carbocycles. The molecule has 1 unspecified atom stereocenters. The zero-order chi connectivity index (χ0) is 21.7. The van der Waals surface area contributed by atoms with E-state index in [1.807, 2.05) is 29.3 Å². The smallest absolute Gasteiger partial charge is 0.249 e. The second-order valence-electron chi connectivity index (χ2n) is 7.19. The Morgan fingerprint density at radius 3 is 2.81 bits per heavy atom. The molecule has 1 atom stereocenters. The van der Waals surface area contributed by atoms with Crippen LogP contribution in [0.15, 0.2) is 78.6 Å². The number of nitrogens with one attached hydrogen (secondary N) is 2. The third kappa shape index (κ3) is 4.79. The highest BCUT2D eigenvalue weighted by atomic mass is 19.1. The number of halogens is 1. The van der Waals surface area contributed by atoms with Crippen molar-refractivity contribution in [2.45, 2.75) is 18.6 Å². The number of primary amides is 1. The van der Waals surface area contributed by atoms with Crippen LogP contribution in [0, 0.1) is 5.82 Å². The van der Waals surface area contributed by atoms with Crippen molar-refractivity contribution in [1.29, 1.82) is 0 Å². The molecule has 8 nitrogen and oxygen atoms in total. The van der Waals surface area contributed by atoms with Crippen molar-refractivity contribution in [3.63, 3.8) is 0 Å². The summed E-state index contributed by atoms with van der Waals surface area (Å²) in [5.41, 5.74) is 9.37. The van der Waals surface area contributed by atoms with Crippen LogP contribution in [0.1, 0.15) is 12.0 Å². The van der Waals surface area contributed by atoms with Crippen molar-refractivity contribution < 1.29 is 13.9 Å². The zero-order valence-electron chi connectivity index (χ0n) is 16.8. The minimum atomic E-state index is -0.818. The molecule has 9 heteroatoms. The van der Waals surface area contributed by atoms with Gasteiger partial charge in [-0.1, -0.05) is 30.4 Å². The van der Waals surface area contributed by atoms with Crippen LogP contribution in [0.2, 0.25) is 0 Å². The van der Waals surface area contributed by atoms with E-state index in [0.29, 0.717) is 36.7 Å². The maximum absolute atomic E-state index is 13.1. The maximum atomic E-state index is 13.1. The first-order valence-corrected chi connectivity index (χ1v) is 9.89. The predicted octanol–water partition coefficient (Wildman–Crippen LogP) is 2.02. The summed E-state index contributed by atoms with van der Waals surface area (Å²) in [6.07, 6.45) is 13.6. The lowest BCUT2D eigenvalue weighted by atomic mass is 10.0. The summed E-state index contributed by atoms with van der Waals surface area (Å²) >= 11 is 0. The molecule has 31 heavy (non-hydrogen) atoms. The van der Waals surface area contributed by atoms with Crippen LogP contribution in [0.5, 0.6) is 0 Å². The van der Waals surface area contributed by atoms with E-state index in [2.05, 4.69) is 20.7 Å². The molecule has 0 bridgehead atoms. The summed E-state index contributed by atoms with van der Waals surface area (Å²) in [7, 11) is 0. The third-order valence-electron chi connectivity index (χ3n) is 5.11. The standard InChI is InChI=1S/C22H23FN6O2/c23-17-6-4-16(5-7-17)8-13-31-22(9-2-1-3-10-22)29-15-18(20(24)30)21(28-29)27-19-14-25-11-12-26-19/h1-7,9,11-12,14,28H,8,10,13,15H2,(H2,24,30)(H,26,27). The Kier molecular flexibility index (Phi) is 6.06. The Hall–Kier alpha value is -3.56. The van der Waals surface area contributed by atoms with Crippen molar-refractivity contribution >= 4 is 11.7 Å². The van der Waals surface area contributed by atoms with Crippen LogP contribution in [0.4, 0.5) is 10.2 Å². The lowest BCUT2D eigenvalue weighted by Crippen LogP contribution is -2.54. The number of benzene rings is 1. The number of amides is 1. The molecule has 0 spiro atoms. The molecule has 160 valence electrons. The lowest BCUT2D eigenvalue weighted by molar-refractivity contribution is -0.130. The van der Waals surface area contributed by atoms with Crippen molar-refractivity contribution in [2.75, 3.05) is 18.5 Å². The van der Waals surface area contributed by atoms with Gasteiger partial charge in [0.1, 0.15) is 17.5 Å². The van der Waals surface area contributed by atoms with E-state index in [1.165, 1.54) is 12.1 Å². The third-order valence-corrected chi connectivity index (χ3v) is 5.11. The second-order valence-corrected chi connectivity index (χ2v) is 7.19. The molecule has 1 aliphatic carbocycles. The number of hydrazine groups is 1. The van der Waals surface area contributed by atoms with E-state index in [-0.39, 0.29) is 12.4 Å². The second kappa shape index (κ2) is 9.07. The molecule has 0 saturated heterocycles. The highest BCUT2D eigenvalue weighted by Gasteiger charge is 2.41. The fraction of sp³-hybridized carbons (Fsp3) is 0.227. The molecule has 1 amide bonds. The normalized spacial score (nSPS) is 20.7. The van der Waals surface area contributed by atoms with Crippen LogP contribution in [0.25, 0.3) is 0 Å². The van der Waals surface area contributed by atoms with E-state index in [1.54, 1.807) is 30.7 Å². The fourth-order valence-corrected chi connectivity index (χ4v) is 3.48. The minimum absolute atomic E-state index is 0.243. The summed E-state index contributed by atoms with van der Waals surface area (Å²) in [5.74, 6) is 0.113. The Bertz CT molecular complexity index is 1020. The molecule has 1 aliphatic heterocycles. The first kappa shape index (κ1) is 20.7.